The molecule has 0 saturated carbocycles. The van der Waals surface area contributed by atoms with Crippen LogP contribution in [0.4, 0.5) is 0 Å². The van der Waals surface area contributed by atoms with Crippen LogP contribution in [0.2, 0.25) is 0 Å². The van der Waals surface area contributed by atoms with E-state index >= 15 is 0 Å². The lowest BCUT2D eigenvalue weighted by atomic mass is 10.1. The van der Waals surface area contributed by atoms with Crippen LogP contribution in [0.1, 0.15) is 0 Å². The maximum atomic E-state index is 5.44. The third-order valence-electron chi connectivity index (χ3n) is 11.0. The van der Waals surface area contributed by atoms with Crippen LogP contribution in [-0.4, -0.2) is 38.6 Å². The second-order valence-corrected chi connectivity index (χ2v) is 14.2. The maximum absolute atomic E-state index is 5.44. The van der Waals surface area contributed by atoms with Crippen molar-refractivity contribution in [1.29, 1.82) is 0 Å². The number of nitrogens with zero attached hydrogens (tertiary/aromatic N) is 8. The first-order valence-electron chi connectivity index (χ1n) is 18.9. The highest BCUT2D eigenvalue weighted by molar-refractivity contribution is 6.10. The van der Waals surface area contributed by atoms with Crippen LogP contribution in [0.25, 0.3) is 106 Å². The summed E-state index contributed by atoms with van der Waals surface area (Å²) in [5.41, 5.74) is 11.7. The van der Waals surface area contributed by atoms with Crippen molar-refractivity contribution in [3.05, 3.63) is 182 Å². The molecular weight excluding hydrogens is 701 g/mol. The van der Waals surface area contributed by atoms with Crippen molar-refractivity contribution < 1.29 is 0 Å². The lowest BCUT2D eigenvalue weighted by Gasteiger charge is -2.17. The fraction of sp³-hybridized carbons (Fsp3) is 0. The molecule has 57 heavy (non-hydrogen) atoms. The van der Waals surface area contributed by atoms with Crippen molar-refractivity contribution in [2.45, 2.75) is 0 Å². The second kappa shape index (κ2) is 12.3. The van der Waals surface area contributed by atoms with Gasteiger partial charge >= 0.3 is 0 Å². The molecule has 0 unspecified atom stereocenters. The molecule has 8 heteroatoms. The Morgan fingerprint density at radius 2 is 0.842 bits per heavy atom. The van der Waals surface area contributed by atoms with E-state index in [9.17, 15) is 0 Å². The molecule has 0 fully saturated rings. The van der Waals surface area contributed by atoms with E-state index in [1.165, 1.54) is 0 Å². The number of fused-ring (bicyclic) bond motifs is 9. The number of benzene rings is 6. The fourth-order valence-corrected chi connectivity index (χ4v) is 8.58. The SMILES string of the molecule is c1ccc(-c2nc(-c3cc(-n4c5ccccc5c5ncccc54)ccc3-n3c4ccccc4c4ncccc43)nc(-n3c4ccccc4c4ccccc43)n2)cc1. The highest BCUT2D eigenvalue weighted by Crippen LogP contribution is 2.39. The zero-order valence-electron chi connectivity index (χ0n) is 30.4. The van der Waals surface area contributed by atoms with Gasteiger partial charge in [0.05, 0.1) is 49.8 Å². The predicted molar refractivity (Wildman–Crippen MR) is 229 cm³/mol. The van der Waals surface area contributed by atoms with Gasteiger partial charge in [-0.1, -0.05) is 103 Å². The number of para-hydroxylation sites is 4. The summed E-state index contributed by atoms with van der Waals surface area (Å²) in [7, 11) is 0. The van der Waals surface area contributed by atoms with Gasteiger partial charge in [-0.25, -0.2) is 4.98 Å². The van der Waals surface area contributed by atoms with Crippen LogP contribution in [-0.2, 0) is 0 Å². The van der Waals surface area contributed by atoms with Crippen LogP contribution in [0.5, 0.6) is 0 Å². The normalized spacial score (nSPS) is 11.9. The first-order chi connectivity index (χ1) is 28.3. The molecule has 0 amide bonds. The topological polar surface area (TPSA) is 79.2 Å². The van der Waals surface area contributed by atoms with E-state index in [1.807, 2.05) is 42.7 Å². The summed E-state index contributed by atoms with van der Waals surface area (Å²) in [4.78, 5) is 25.7. The Morgan fingerprint density at radius 3 is 1.47 bits per heavy atom. The third-order valence-corrected chi connectivity index (χ3v) is 11.0. The molecule has 0 saturated heterocycles. The summed E-state index contributed by atoms with van der Waals surface area (Å²) >= 11 is 0. The molecule has 0 aliphatic carbocycles. The van der Waals surface area contributed by atoms with Crippen molar-refractivity contribution in [2.24, 2.45) is 0 Å². The Morgan fingerprint density at radius 1 is 0.351 bits per heavy atom. The van der Waals surface area contributed by atoms with Crippen LogP contribution in [0, 0.1) is 0 Å². The zero-order valence-corrected chi connectivity index (χ0v) is 30.4. The van der Waals surface area contributed by atoms with Gasteiger partial charge in [-0.2, -0.15) is 9.97 Å². The van der Waals surface area contributed by atoms with Gasteiger partial charge in [-0.3, -0.25) is 14.5 Å². The van der Waals surface area contributed by atoms with Crippen LogP contribution >= 0.6 is 0 Å². The minimum atomic E-state index is 0.539. The van der Waals surface area contributed by atoms with Gasteiger partial charge in [-0.15, -0.1) is 0 Å². The Labute approximate surface area is 325 Å². The molecule has 12 aromatic rings. The molecule has 6 heterocycles. The largest absolute Gasteiger partial charge is 0.308 e. The molecule has 6 aromatic heterocycles. The number of rotatable bonds is 5. The quantitative estimate of drug-likeness (QED) is 0.176. The van der Waals surface area contributed by atoms with E-state index in [1.54, 1.807) is 0 Å². The first-order valence-corrected chi connectivity index (χ1v) is 18.9. The average Bonchev–Trinajstić information content (AvgIpc) is 3.92. The molecule has 6 aromatic carbocycles. The molecule has 0 aliphatic heterocycles. The Balaban J connectivity index is 1.22. The van der Waals surface area contributed by atoms with Gasteiger partial charge in [0.15, 0.2) is 11.6 Å². The van der Waals surface area contributed by atoms with Crippen molar-refractivity contribution in [3.63, 3.8) is 0 Å². The molecule has 0 bridgehead atoms. The number of hydrogen-bond donors (Lipinski definition) is 0. The van der Waals surface area contributed by atoms with Crippen LogP contribution in [0.15, 0.2) is 182 Å². The molecule has 0 spiro atoms. The molecule has 0 atom stereocenters. The van der Waals surface area contributed by atoms with Gasteiger partial charge in [0.2, 0.25) is 5.95 Å². The van der Waals surface area contributed by atoms with Crippen molar-refractivity contribution >= 4 is 65.7 Å². The summed E-state index contributed by atoms with van der Waals surface area (Å²) < 4.78 is 6.73. The molecule has 0 radical (unpaired) electrons. The molecular formula is C49H30N8. The summed E-state index contributed by atoms with van der Waals surface area (Å²) in [5.74, 6) is 1.67. The van der Waals surface area contributed by atoms with E-state index < -0.39 is 0 Å². The standard InChI is InChI=1S/C49H30N8/c1-2-14-31(15-3-1)47-52-48(54-49(53-47)57-38-20-8-4-16-33(38)34-17-5-9-21-39(34)57)37-30-32(55-40-22-10-6-18-35(40)45-43(55)24-12-28-50-45)26-27-42(37)56-41-23-11-7-19-36(41)46-44(56)25-13-29-51-46/h1-30H. The lowest BCUT2D eigenvalue weighted by Crippen LogP contribution is -2.08. The van der Waals surface area contributed by atoms with E-state index in [2.05, 4.69) is 153 Å². The fourth-order valence-electron chi connectivity index (χ4n) is 8.58. The monoisotopic (exact) mass is 730 g/mol. The summed E-state index contributed by atoms with van der Waals surface area (Å²) in [6.07, 6.45) is 3.71. The van der Waals surface area contributed by atoms with Crippen molar-refractivity contribution in [2.75, 3.05) is 0 Å². The predicted octanol–water partition coefficient (Wildman–Crippen LogP) is 11.3. The van der Waals surface area contributed by atoms with Gasteiger partial charge in [0.25, 0.3) is 0 Å². The lowest BCUT2D eigenvalue weighted by molar-refractivity contribution is 0.951. The van der Waals surface area contributed by atoms with E-state index in [0.717, 1.165) is 88.2 Å². The minimum Gasteiger partial charge on any atom is -0.308 e. The van der Waals surface area contributed by atoms with Crippen molar-refractivity contribution in [1.82, 2.24) is 38.6 Å². The highest BCUT2D eigenvalue weighted by Gasteiger charge is 2.23. The average molecular weight is 731 g/mol. The smallest absolute Gasteiger partial charge is 0.238 e. The molecule has 0 N–H and O–H groups in total. The van der Waals surface area contributed by atoms with Crippen molar-refractivity contribution in [3.8, 4) is 40.1 Å². The Bertz CT molecular complexity index is 3380. The summed E-state index contributed by atoms with van der Waals surface area (Å²) in [6, 6.07) is 58.7. The van der Waals surface area contributed by atoms with E-state index in [4.69, 9.17) is 24.9 Å². The summed E-state index contributed by atoms with van der Waals surface area (Å²) in [5, 5.41) is 4.43. The van der Waals surface area contributed by atoms with E-state index in [-0.39, 0.29) is 0 Å². The van der Waals surface area contributed by atoms with E-state index in [0.29, 0.717) is 17.6 Å². The number of pyridine rings is 2. The van der Waals surface area contributed by atoms with Crippen LogP contribution in [0.3, 0.4) is 0 Å². The van der Waals surface area contributed by atoms with Gasteiger partial charge in [-0.05, 0) is 66.7 Å². The number of aromatic nitrogens is 8. The molecule has 12 rings (SSSR count). The first kappa shape index (κ1) is 31.4. The Hall–Kier alpha value is -7.97. The second-order valence-electron chi connectivity index (χ2n) is 14.2. The maximum Gasteiger partial charge on any atom is 0.238 e. The zero-order chi connectivity index (χ0) is 37.5. The van der Waals surface area contributed by atoms with Gasteiger partial charge < -0.3 is 9.13 Å². The van der Waals surface area contributed by atoms with Crippen LogP contribution < -0.4 is 0 Å². The van der Waals surface area contributed by atoms with Gasteiger partial charge in [0, 0.05) is 50.8 Å². The molecule has 8 nitrogen and oxygen atoms in total. The molecule has 266 valence electrons. The summed E-state index contributed by atoms with van der Waals surface area (Å²) in [6.45, 7) is 0. The Kier molecular flexibility index (Phi) is 6.76. The molecule has 0 aliphatic rings. The highest BCUT2D eigenvalue weighted by atomic mass is 15.2. The third kappa shape index (κ3) is 4.71. The van der Waals surface area contributed by atoms with Gasteiger partial charge in [0.1, 0.15) is 0 Å². The minimum absolute atomic E-state index is 0.539. The number of hydrogen-bond acceptors (Lipinski definition) is 5.